The predicted molar refractivity (Wildman–Crippen MR) is 173 cm³/mol. The Hall–Kier alpha value is -3.37. The number of rotatable bonds is 15. The van der Waals surface area contributed by atoms with Gasteiger partial charge in [-0.3, -0.25) is 0 Å². The van der Waals surface area contributed by atoms with Crippen molar-refractivity contribution in [3.05, 3.63) is 90.0 Å². The Morgan fingerprint density at radius 1 is 0.881 bits per heavy atom. The van der Waals surface area contributed by atoms with E-state index in [9.17, 15) is 4.79 Å². The second kappa shape index (κ2) is 16.3. The zero-order valence-electron chi connectivity index (χ0n) is 25.6. The number of ether oxygens (including phenoxy) is 2. The van der Waals surface area contributed by atoms with Crippen molar-refractivity contribution < 1.29 is 19.4 Å². The van der Waals surface area contributed by atoms with Gasteiger partial charge in [-0.15, -0.1) is 0 Å². The van der Waals surface area contributed by atoms with E-state index in [1.807, 2.05) is 24.3 Å². The smallest absolute Gasteiger partial charge is 0.330 e. The molecule has 1 fully saturated rings. The van der Waals surface area contributed by atoms with Gasteiger partial charge in [-0.05, 0) is 95.0 Å². The maximum atomic E-state index is 11.7. The normalized spacial score (nSPS) is 16.6. The maximum absolute atomic E-state index is 11.7. The Morgan fingerprint density at radius 3 is 2.29 bits per heavy atom. The van der Waals surface area contributed by atoms with E-state index in [0.717, 1.165) is 34.8 Å². The standard InChI is InChI=1S/C38H48O4/c1-4-7-8-9-28-10-12-30(13-11-28)32-16-20-36(29(5-2)26-32)33-17-21-37(34(27-33)22-24-42-38(40)6-3)31-14-18-35(19-15-31)41-25-23-39/h6,14-21,26-28,30,39H,3-5,7-13,22-25H2,1-2H3. The third-order valence-electron chi connectivity index (χ3n) is 8.77. The van der Waals surface area contributed by atoms with E-state index in [-0.39, 0.29) is 13.2 Å². The molecule has 4 heteroatoms. The van der Waals surface area contributed by atoms with Crippen molar-refractivity contribution in [3.8, 4) is 28.0 Å². The molecular weight excluding hydrogens is 520 g/mol. The van der Waals surface area contributed by atoms with E-state index in [1.54, 1.807) is 0 Å². The second-order valence-electron chi connectivity index (χ2n) is 11.6. The van der Waals surface area contributed by atoms with Crippen LogP contribution in [0.3, 0.4) is 0 Å². The first-order valence-corrected chi connectivity index (χ1v) is 16.0. The summed E-state index contributed by atoms with van der Waals surface area (Å²) in [6.45, 7) is 8.59. The first-order chi connectivity index (χ1) is 20.6. The van der Waals surface area contributed by atoms with Gasteiger partial charge in [0.1, 0.15) is 12.4 Å². The van der Waals surface area contributed by atoms with Gasteiger partial charge in [0.2, 0.25) is 0 Å². The molecule has 1 N–H and O–H groups in total. The highest BCUT2D eigenvalue weighted by molar-refractivity contribution is 5.81. The summed E-state index contributed by atoms with van der Waals surface area (Å²) in [6.07, 6.45) is 13.6. The number of esters is 1. The summed E-state index contributed by atoms with van der Waals surface area (Å²) in [4.78, 5) is 11.7. The largest absolute Gasteiger partial charge is 0.491 e. The minimum atomic E-state index is -0.406. The first-order valence-electron chi connectivity index (χ1n) is 16.0. The number of carbonyl (C=O) groups excluding carboxylic acids is 1. The number of aliphatic hydroxyl groups is 1. The van der Waals surface area contributed by atoms with Crippen LogP contribution in [0, 0.1) is 5.92 Å². The molecule has 0 saturated heterocycles. The van der Waals surface area contributed by atoms with Crippen LogP contribution in [0.15, 0.2) is 73.3 Å². The third-order valence-corrected chi connectivity index (χ3v) is 8.77. The number of aliphatic hydroxyl groups excluding tert-OH is 1. The molecule has 0 aromatic heterocycles. The van der Waals surface area contributed by atoms with Crippen molar-refractivity contribution in [2.24, 2.45) is 5.92 Å². The molecule has 4 rings (SSSR count). The van der Waals surface area contributed by atoms with Crippen molar-refractivity contribution in [1.29, 1.82) is 0 Å². The summed E-state index contributed by atoms with van der Waals surface area (Å²) in [5.41, 5.74) is 8.65. The highest BCUT2D eigenvalue weighted by atomic mass is 16.5. The molecule has 42 heavy (non-hydrogen) atoms. The molecule has 3 aromatic rings. The molecule has 0 radical (unpaired) electrons. The van der Waals surface area contributed by atoms with Crippen LogP contribution in [0.25, 0.3) is 22.3 Å². The topological polar surface area (TPSA) is 55.8 Å². The Kier molecular flexibility index (Phi) is 12.3. The minimum Gasteiger partial charge on any atom is -0.491 e. The number of hydrogen-bond donors (Lipinski definition) is 1. The third kappa shape index (κ3) is 8.58. The molecule has 0 aliphatic heterocycles. The molecule has 1 aliphatic rings. The molecule has 4 nitrogen and oxygen atoms in total. The maximum Gasteiger partial charge on any atom is 0.330 e. The lowest BCUT2D eigenvalue weighted by Crippen LogP contribution is -2.13. The van der Waals surface area contributed by atoms with Crippen molar-refractivity contribution in [3.63, 3.8) is 0 Å². The van der Waals surface area contributed by atoms with Crippen LogP contribution in [0.4, 0.5) is 0 Å². The Bertz CT molecular complexity index is 1280. The lowest BCUT2D eigenvalue weighted by molar-refractivity contribution is -0.137. The van der Waals surface area contributed by atoms with Crippen molar-refractivity contribution >= 4 is 5.97 Å². The number of carbonyl (C=O) groups is 1. The quantitative estimate of drug-likeness (QED) is 0.113. The van der Waals surface area contributed by atoms with Gasteiger partial charge in [0.15, 0.2) is 0 Å². The molecule has 224 valence electrons. The van der Waals surface area contributed by atoms with E-state index in [0.29, 0.717) is 18.9 Å². The van der Waals surface area contributed by atoms with Gasteiger partial charge in [0.05, 0.1) is 13.2 Å². The van der Waals surface area contributed by atoms with Crippen LogP contribution in [-0.2, 0) is 22.4 Å². The fourth-order valence-electron chi connectivity index (χ4n) is 6.37. The van der Waals surface area contributed by atoms with Crippen LogP contribution in [0.5, 0.6) is 5.75 Å². The Balaban J connectivity index is 1.56. The van der Waals surface area contributed by atoms with E-state index < -0.39 is 5.97 Å². The molecule has 1 aliphatic carbocycles. The van der Waals surface area contributed by atoms with Crippen LogP contribution < -0.4 is 4.74 Å². The molecule has 0 spiro atoms. The number of benzene rings is 3. The van der Waals surface area contributed by atoms with E-state index in [4.69, 9.17) is 14.6 Å². The van der Waals surface area contributed by atoms with Crippen LogP contribution in [0.2, 0.25) is 0 Å². The van der Waals surface area contributed by atoms with Crippen LogP contribution >= 0.6 is 0 Å². The Labute approximate surface area is 252 Å². The van der Waals surface area contributed by atoms with Gasteiger partial charge < -0.3 is 14.6 Å². The van der Waals surface area contributed by atoms with E-state index in [1.165, 1.54) is 79.7 Å². The lowest BCUT2D eigenvalue weighted by atomic mass is 9.76. The van der Waals surface area contributed by atoms with Crippen LogP contribution in [0.1, 0.15) is 87.8 Å². The molecular formula is C38H48O4. The first kappa shape index (κ1) is 31.6. The molecule has 0 bridgehead atoms. The summed E-state index contributed by atoms with van der Waals surface area (Å²) in [5.74, 6) is 1.92. The average Bonchev–Trinajstić information content (AvgIpc) is 3.04. The van der Waals surface area contributed by atoms with Gasteiger partial charge in [-0.1, -0.05) is 94.6 Å². The molecule has 0 atom stereocenters. The SMILES string of the molecule is C=CC(=O)OCCc1cc(-c2ccc(C3CCC(CCCCC)CC3)cc2CC)ccc1-c1ccc(OCCO)cc1. The fourth-order valence-corrected chi connectivity index (χ4v) is 6.37. The van der Waals surface area contributed by atoms with Gasteiger partial charge >= 0.3 is 5.97 Å². The van der Waals surface area contributed by atoms with Crippen LogP contribution in [-0.4, -0.2) is 30.9 Å². The highest BCUT2D eigenvalue weighted by Crippen LogP contribution is 2.40. The van der Waals surface area contributed by atoms with E-state index >= 15 is 0 Å². The lowest BCUT2D eigenvalue weighted by Gasteiger charge is -2.29. The molecule has 0 heterocycles. The molecule has 0 amide bonds. The van der Waals surface area contributed by atoms with Gasteiger partial charge in [0.25, 0.3) is 0 Å². The van der Waals surface area contributed by atoms with Gasteiger partial charge in [-0.25, -0.2) is 4.79 Å². The molecule has 3 aromatic carbocycles. The zero-order chi connectivity index (χ0) is 29.7. The summed E-state index contributed by atoms with van der Waals surface area (Å²) in [5, 5.41) is 9.05. The minimum absolute atomic E-state index is 0.0161. The summed E-state index contributed by atoms with van der Waals surface area (Å²) in [7, 11) is 0. The van der Waals surface area contributed by atoms with Gasteiger partial charge in [-0.2, -0.15) is 0 Å². The van der Waals surface area contributed by atoms with Crippen molar-refractivity contribution in [1.82, 2.24) is 0 Å². The summed E-state index contributed by atoms with van der Waals surface area (Å²) >= 11 is 0. The summed E-state index contributed by atoms with van der Waals surface area (Å²) in [6, 6.07) is 21.7. The van der Waals surface area contributed by atoms with Crippen molar-refractivity contribution in [2.45, 2.75) is 84.0 Å². The summed E-state index contributed by atoms with van der Waals surface area (Å²) < 4.78 is 10.9. The number of hydrogen-bond acceptors (Lipinski definition) is 4. The number of unbranched alkanes of at least 4 members (excludes halogenated alkanes) is 2. The van der Waals surface area contributed by atoms with E-state index in [2.05, 4.69) is 56.8 Å². The fraction of sp³-hybridized carbons (Fsp3) is 0.447. The Morgan fingerprint density at radius 2 is 1.60 bits per heavy atom. The second-order valence-corrected chi connectivity index (χ2v) is 11.6. The van der Waals surface area contributed by atoms with Gasteiger partial charge in [0, 0.05) is 12.5 Å². The van der Waals surface area contributed by atoms with Crippen molar-refractivity contribution in [2.75, 3.05) is 19.8 Å². The average molecular weight is 569 g/mol. The predicted octanol–water partition coefficient (Wildman–Crippen LogP) is 9.08. The zero-order valence-corrected chi connectivity index (χ0v) is 25.6. The monoisotopic (exact) mass is 568 g/mol. The molecule has 1 saturated carbocycles. The number of aryl methyl sites for hydroxylation is 1. The highest BCUT2D eigenvalue weighted by Gasteiger charge is 2.23. The molecule has 0 unspecified atom stereocenters.